The summed E-state index contributed by atoms with van der Waals surface area (Å²) in [6.45, 7) is 21.8. The molecule has 3 rings (SSSR count). The monoisotopic (exact) mass is 569 g/mol. The van der Waals surface area contributed by atoms with Gasteiger partial charge in [0.15, 0.2) is 0 Å². The molecule has 204 valence electrons. The van der Waals surface area contributed by atoms with Gasteiger partial charge >= 0.3 is 107 Å². The Morgan fingerprint density at radius 3 is 1.34 bits per heavy atom. The minimum Gasteiger partial charge on any atom is -1.00 e. The zero-order valence-electron chi connectivity index (χ0n) is 24.7. The third kappa shape index (κ3) is 9.49. The zero-order valence-corrected chi connectivity index (χ0v) is 26.7. The summed E-state index contributed by atoms with van der Waals surface area (Å²) in [5.74, 6) is 1.95. The third-order valence-electron chi connectivity index (χ3n) is 6.31. The zero-order chi connectivity index (χ0) is 27.7. The molecule has 0 aliphatic heterocycles. The summed E-state index contributed by atoms with van der Waals surface area (Å²) in [4.78, 5) is 13.8. The van der Waals surface area contributed by atoms with Gasteiger partial charge in [0.05, 0.1) is 5.69 Å². The fourth-order valence-corrected chi connectivity index (χ4v) is 4.39. The van der Waals surface area contributed by atoms with Crippen molar-refractivity contribution >= 4 is 21.7 Å². The number of benzene rings is 2. The number of aliphatic imine (C=N–C) groups is 2. The molecule has 0 fully saturated rings. The van der Waals surface area contributed by atoms with E-state index < -0.39 is 0 Å². The van der Waals surface area contributed by atoms with Gasteiger partial charge in [-0.3, -0.25) is 9.98 Å². The number of pyridine rings is 1. The molecular formula is C33H44ClCrN3. The van der Waals surface area contributed by atoms with Crippen LogP contribution in [0.1, 0.15) is 121 Å². The Morgan fingerprint density at radius 2 is 1.03 bits per heavy atom. The van der Waals surface area contributed by atoms with Crippen molar-refractivity contribution in [1.82, 2.24) is 4.98 Å². The Balaban J connectivity index is 0.000000384. The average Bonchev–Trinajstić information content (AvgIpc) is 2.84. The Hall–Kier alpha value is -2.25. The largest absolute Gasteiger partial charge is 1.00 e. The molecule has 3 nitrogen and oxygen atoms in total. The number of para-hydroxylation sites is 2. The van der Waals surface area contributed by atoms with Crippen LogP contribution in [0.2, 0.25) is 0 Å². The Labute approximate surface area is 246 Å². The van der Waals surface area contributed by atoms with E-state index in [2.05, 4.69) is 131 Å². The van der Waals surface area contributed by atoms with Crippen LogP contribution in [0.3, 0.4) is 0 Å². The minimum absolute atomic E-state index is 0. The van der Waals surface area contributed by atoms with E-state index in [-0.39, 0.29) is 12.4 Å². The normalized spacial score (nSPS) is 12.1. The van der Waals surface area contributed by atoms with E-state index in [0.29, 0.717) is 23.7 Å². The topological polar surface area (TPSA) is 37.6 Å². The fourth-order valence-electron chi connectivity index (χ4n) is 4.25. The van der Waals surface area contributed by atoms with Crippen molar-refractivity contribution in [2.24, 2.45) is 9.98 Å². The first-order valence-corrected chi connectivity index (χ1v) is 14.0. The molecular weight excluding hydrogens is 526 g/mol. The van der Waals surface area contributed by atoms with Gasteiger partial charge < -0.3 is 12.4 Å². The van der Waals surface area contributed by atoms with E-state index in [1.54, 1.807) is 6.20 Å². The van der Waals surface area contributed by atoms with Crippen LogP contribution >= 0.6 is 0 Å². The van der Waals surface area contributed by atoms with Gasteiger partial charge in [-0.05, 0) is 36.0 Å². The molecule has 1 heterocycles. The first-order chi connectivity index (χ1) is 17.4. The summed E-state index contributed by atoms with van der Waals surface area (Å²) in [6.07, 6.45) is 3.66. The quantitative estimate of drug-likeness (QED) is 0.282. The van der Waals surface area contributed by atoms with E-state index in [1.165, 1.54) is 22.3 Å². The molecule has 0 radical (unpaired) electrons. The van der Waals surface area contributed by atoms with Gasteiger partial charge in [-0.15, -0.1) is 0 Å². The molecule has 0 saturated heterocycles. The van der Waals surface area contributed by atoms with Gasteiger partial charge in [-0.2, -0.15) is 0 Å². The van der Waals surface area contributed by atoms with Crippen LogP contribution in [0, 0.1) is 0 Å². The standard InChI is InChI=1S/C19H24N2.C14H20N.ClH.Cr/c1-13(2)17-9-6-10-18(14(3)4)19(17)21-15(5)16-8-7-11-20-12-16;1-6-15-14-12(10(2)3)8-7-9-13(14)11(4)5;;/h6-14H,1-5H3;7-11H,1-5H3;1H;/q;;;+1/p-1. The van der Waals surface area contributed by atoms with Crippen LogP contribution in [0.25, 0.3) is 0 Å². The first-order valence-electron chi connectivity index (χ1n) is 13.4. The van der Waals surface area contributed by atoms with Crippen molar-refractivity contribution in [3.63, 3.8) is 0 Å². The van der Waals surface area contributed by atoms with Gasteiger partial charge in [0.2, 0.25) is 0 Å². The van der Waals surface area contributed by atoms with Gasteiger partial charge in [0.1, 0.15) is 0 Å². The summed E-state index contributed by atoms with van der Waals surface area (Å²) in [5, 5.41) is 0. The summed E-state index contributed by atoms with van der Waals surface area (Å²) >= 11 is 2.97. The van der Waals surface area contributed by atoms with Crippen LogP contribution < -0.4 is 12.4 Å². The predicted molar refractivity (Wildman–Crippen MR) is 158 cm³/mol. The van der Waals surface area contributed by atoms with Crippen molar-refractivity contribution < 1.29 is 28.7 Å². The van der Waals surface area contributed by atoms with Gasteiger partial charge in [0, 0.05) is 23.7 Å². The summed E-state index contributed by atoms with van der Waals surface area (Å²) in [7, 11) is 0. The van der Waals surface area contributed by atoms with E-state index in [4.69, 9.17) is 4.99 Å². The van der Waals surface area contributed by atoms with E-state index >= 15 is 0 Å². The SMILES string of the molecule is CC(=Nc1c(C(C)C)cccc1C(C)C)c1cccnc1.C[C]([Cr+])=Nc1c(C(C)C)cccc1C(C)C.[Cl-]. The van der Waals surface area contributed by atoms with Gasteiger partial charge in [0.25, 0.3) is 0 Å². The summed E-state index contributed by atoms with van der Waals surface area (Å²) in [6, 6.07) is 17.0. The number of hydrogen-bond acceptors (Lipinski definition) is 3. The molecule has 0 aliphatic carbocycles. The molecule has 0 unspecified atom stereocenters. The molecule has 0 saturated carbocycles. The molecule has 0 spiro atoms. The predicted octanol–water partition coefficient (Wildman–Crippen LogP) is 7.00. The number of aromatic nitrogens is 1. The molecule has 0 aliphatic rings. The number of nitrogens with zero attached hydrogens (tertiary/aromatic N) is 3. The van der Waals surface area contributed by atoms with Crippen molar-refractivity contribution in [2.45, 2.75) is 92.9 Å². The molecule has 3 aromatic rings. The molecule has 2 aromatic carbocycles. The third-order valence-corrected chi connectivity index (χ3v) is 6.46. The van der Waals surface area contributed by atoms with Gasteiger partial charge in [-0.25, -0.2) is 0 Å². The molecule has 0 amide bonds. The van der Waals surface area contributed by atoms with E-state index in [1.807, 2.05) is 19.2 Å². The number of rotatable bonds is 7. The van der Waals surface area contributed by atoms with Crippen molar-refractivity contribution in [3.05, 3.63) is 88.7 Å². The van der Waals surface area contributed by atoms with E-state index in [0.717, 1.165) is 27.2 Å². The fraction of sp³-hybridized carbons (Fsp3) is 0.424. The second kappa shape index (κ2) is 16.0. The maximum atomic E-state index is 4.95. The van der Waals surface area contributed by atoms with Gasteiger partial charge in [-0.1, -0.05) is 52.0 Å². The molecule has 0 bridgehead atoms. The molecule has 5 heteroatoms. The van der Waals surface area contributed by atoms with Crippen molar-refractivity contribution in [1.29, 1.82) is 0 Å². The smallest absolute Gasteiger partial charge is 1.00 e. The van der Waals surface area contributed by atoms with Crippen molar-refractivity contribution in [2.75, 3.05) is 0 Å². The van der Waals surface area contributed by atoms with Crippen molar-refractivity contribution in [3.8, 4) is 0 Å². The summed E-state index contributed by atoms with van der Waals surface area (Å²) < 4.78 is 0.995. The second-order valence-corrected chi connectivity index (χ2v) is 11.7. The molecule has 38 heavy (non-hydrogen) atoms. The second-order valence-electron chi connectivity index (χ2n) is 10.8. The van der Waals surface area contributed by atoms with Crippen LogP contribution in [-0.2, 0) is 16.3 Å². The molecule has 0 N–H and O–H groups in total. The minimum atomic E-state index is 0. The van der Waals surface area contributed by atoms with Crippen LogP contribution in [-0.4, -0.2) is 15.3 Å². The first kappa shape index (κ1) is 33.8. The Bertz CT molecular complexity index is 1160. The number of hydrogen-bond donors (Lipinski definition) is 0. The number of halogens is 1. The average molecular weight is 570 g/mol. The van der Waals surface area contributed by atoms with Crippen LogP contribution in [0.15, 0.2) is 70.9 Å². The Morgan fingerprint density at radius 1 is 0.632 bits per heavy atom. The molecule has 1 aromatic heterocycles. The Kier molecular flexibility index (Phi) is 14.2. The molecule has 0 atom stereocenters. The van der Waals surface area contributed by atoms with Crippen LogP contribution in [0.4, 0.5) is 11.4 Å². The van der Waals surface area contributed by atoms with E-state index in [9.17, 15) is 0 Å². The maximum Gasteiger partial charge on any atom is -1.00 e. The summed E-state index contributed by atoms with van der Waals surface area (Å²) in [5.41, 5.74) is 9.66. The van der Waals surface area contributed by atoms with Crippen LogP contribution in [0.5, 0.6) is 0 Å². The maximum absolute atomic E-state index is 4.95.